The highest BCUT2D eigenvalue weighted by Crippen LogP contribution is 2.25. The van der Waals surface area contributed by atoms with Crippen LogP contribution in [0.2, 0.25) is 0 Å². The molecule has 0 radical (unpaired) electrons. The number of halogens is 1. The normalized spacial score (nSPS) is 10.0. The lowest BCUT2D eigenvalue weighted by Gasteiger charge is -2.07. The van der Waals surface area contributed by atoms with Crippen LogP contribution in [0.3, 0.4) is 0 Å². The van der Waals surface area contributed by atoms with Crippen molar-refractivity contribution < 1.29 is 4.92 Å². The maximum Gasteiger partial charge on any atom is 0.329 e. The predicted octanol–water partition coefficient (Wildman–Crippen LogP) is 2.77. The molecular formula is C11H10IN5O2. The highest BCUT2D eigenvalue weighted by atomic mass is 127. The molecule has 2 rings (SSSR count). The number of nitrogens with one attached hydrogen (secondary N) is 2. The second-order valence-corrected chi connectivity index (χ2v) is 4.81. The minimum absolute atomic E-state index is 0.158. The fourth-order valence-electron chi connectivity index (χ4n) is 1.39. The minimum Gasteiger partial charge on any atom is -0.357 e. The van der Waals surface area contributed by atoms with E-state index in [1.165, 1.54) is 6.20 Å². The lowest BCUT2D eigenvalue weighted by atomic mass is 10.3. The summed E-state index contributed by atoms with van der Waals surface area (Å²) in [4.78, 5) is 18.3. The molecule has 0 aliphatic rings. The summed E-state index contributed by atoms with van der Waals surface area (Å²) >= 11 is 2.18. The minimum atomic E-state index is -0.519. The van der Waals surface area contributed by atoms with Crippen LogP contribution in [0.25, 0.3) is 0 Å². The summed E-state index contributed by atoms with van der Waals surface area (Å²) in [6, 6.07) is 7.45. The zero-order chi connectivity index (χ0) is 13.8. The van der Waals surface area contributed by atoms with E-state index in [4.69, 9.17) is 0 Å². The summed E-state index contributed by atoms with van der Waals surface area (Å²) < 4.78 is 1.08. The van der Waals surface area contributed by atoms with Crippen molar-refractivity contribution in [3.63, 3.8) is 0 Å². The number of nitro groups is 1. The zero-order valence-corrected chi connectivity index (χ0v) is 12.1. The van der Waals surface area contributed by atoms with E-state index < -0.39 is 4.92 Å². The maximum absolute atomic E-state index is 10.9. The molecule has 1 aromatic heterocycles. The third-order valence-electron chi connectivity index (χ3n) is 2.30. The first-order chi connectivity index (χ1) is 9.10. The van der Waals surface area contributed by atoms with Crippen LogP contribution in [0, 0.1) is 13.7 Å². The van der Waals surface area contributed by atoms with Crippen molar-refractivity contribution in [1.29, 1.82) is 0 Å². The van der Waals surface area contributed by atoms with Gasteiger partial charge >= 0.3 is 5.69 Å². The van der Waals surface area contributed by atoms with E-state index >= 15 is 0 Å². The van der Waals surface area contributed by atoms with Crippen LogP contribution in [0.4, 0.5) is 23.1 Å². The van der Waals surface area contributed by atoms with E-state index in [9.17, 15) is 10.1 Å². The Morgan fingerprint density at radius 2 is 2.00 bits per heavy atom. The molecule has 0 saturated heterocycles. The number of nitrogens with zero attached hydrogens (tertiary/aromatic N) is 3. The molecule has 0 aliphatic heterocycles. The van der Waals surface area contributed by atoms with Gasteiger partial charge in [0.2, 0.25) is 11.8 Å². The van der Waals surface area contributed by atoms with Crippen molar-refractivity contribution in [3.05, 3.63) is 44.1 Å². The summed E-state index contributed by atoms with van der Waals surface area (Å²) in [5.41, 5.74) is 0.557. The average molecular weight is 371 g/mol. The summed E-state index contributed by atoms with van der Waals surface area (Å²) in [6.07, 6.45) is 1.17. The van der Waals surface area contributed by atoms with Gasteiger partial charge in [-0.2, -0.15) is 4.98 Å². The van der Waals surface area contributed by atoms with Gasteiger partial charge in [0.05, 0.1) is 4.92 Å². The molecule has 98 valence electrons. The molecule has 0 fully saturated rings. The largest absolute Gasteiger partial charge is 0.357 e. The molecule has 0 atom stereocenters. The Labute approximate surface area is 122 Å². The van der Waals surface area contributed by atoms with Crippen LogP contribution in [-0.4, -0.2) is 21.9 Å². The van der Waals surface area contributed by atoms with Gasteiger partial charge in [0.15, 0.2) is 0 Å². The number of anilines is 3. The van der Waals surface area contributed by atoms with Crippen LogP contribution in [0.15, 0.2) is 30.5 Å². The average Bonchev–Trinajstić information content (AvgIpc) is 2.41. The van der Waals surface area contributed by atoms with Crippen LogP contribution >= 0.6 is 22.6 Å². The predicted molar refractivity (Wildman–Crippen MR) is 80.7 cm³/mol. The second-order valence-electron chi connectivity index (χ2n) is 3.57. The monoisotopic (exact) mass is 371 g/mol. The summed E-state index contributed by atoms with van der Waals surface area (Å²) in [5.74, 6) is 0.476. The van der Waals surface area contributed by atoms with Gasteiger partial charge in [-0.05, 0) is 46.9 Å². The van der Waals surface area contributed by atoms with Gasteiger partial charge in [0.1, 0.15) is 6.20 Å². The summed E-state index contributed by atoms with van der Waals surface area (Å²) in [6.45, 7) is 0. The molecule has 2 N–H and O–H groups in total. The van der Waals surface area contributed by atoms with Gasteiger partial charge in [-0.15, -0.1) is 0 Å². The Balaban J connectivity index is 2.36. The number of hydrogen-bond acceptors (Lipinski definition) is 6. The molecule has 0 saturated carbocycles. The van der Waals surface area contributed by atoms with E-state index in [1.807, 2.05) is 24.3 Å². The first kappa shape index (κ1) is 13.5. The smallest absolute Gasteiger partial charge is 0.329 e. The number of benzene rings is 1. The molecule has 8 heteroatoms. The first-order valence-electron chi connectivity index (χ1n) is 5.32. The lowest BCUT2D eigenvalue weighted by molar-refractivity contribution is -0.384. The fraction of sp³-hybridized carbons (Fsp3) is 0.0909. The highest BCUT2D eigenvalue weighted by molar-refractivity contribution is 14.1. The lowest BCUT2D eigenvalue weighted by Crippen LogP contribution is -2.04. The Morgan fingerprint density at radius 1 is 1.32 bits per heavy atom. The van der Waals surface area contributed by atoms with Crippen molar-refractivity contribution in [3.8, 4) is 0 Å². The highest BCUT2D eigenvalue weighted by Gasteiger charge is 2.17. The zero-order valence-electron chi connectivity index (χ0n) is 9.92. The summed E-state index contributed by atoms with van der Waals surface area (Å²) in [7, 11) is 1.65. The van der Waals surface area contributed by atoms with Gasteiger partial charge in [0, 0.05) is 16.3 Å². The Morgan fingerprint density at radius 3 is 2.58 bits per heavy atom. The topological polar surface area (TPSA) is 93.0 Å². The number of hydrogen-bond donors (Lipinski definition) is 2. The Hall–Kier alpha value is -1.97. The van der Waals surface area contributed by atoms with E-state index in [0.717, 1.165) is 9.26 Å². The molecule has 19 heavy (non-hydrogen) atoms. The third kappa shape index (κ3) is 3.28. The Bertz CT molecular complexity index is 603. The molecule has 0 aliphatic carbocycles. The van der Waals surface area contributed by atoms with Crippen LogP contribution in [0.5, 0.6) is 0 Å². The molecule has 1 heterocycles. The van der Waals surface area contributed by atoms with Crippen molar-refractivity contribution in [2.24, 2.45) is 0 Å². The van der Waals surface area contributed by atoms with Crippen LogP contribution < -0.4 is 10.6 Å². The number of rotatable bonds is 4. The van der Waals surface area contributed by atoms with Gasteiger partial charge in [-0.25, -0.2) is 4.98 Å². The molecule has 0 bridgehead atoms. The van der Waals surface area contributed by atoms with Gasteiger partial charge in [-0.3, -0.25) is 10.1 Å². The van der Waals surface area contributed by atoms with E-state index in [0.29, 0.717) is 5.95 Å². The van der Waals surface area contributed by atoms with Crippen molar-refractivity contribution in [2.45, 2.75) is 0 Å². The van der Waals surface area contributed by atoms with Crippen molar-refractivity contribution >= 4 is 45.7 Å². The molecule has 0 amide bonds. The summed E-state index contributed by atoms with van der Waals surface area (Å²) in [5, 5.41) is 16.6. The molecule has 2 aromatic rings. The van der Waals surface area contributed by atoms with E-state index in [1.54, 1.807) is 7.05 Å². The maximum atomic E-state index is 10.9. The number of aromatic nitrogens is 2. The van der Waals surface area contributed by atoms with Gasteiger partial charge in [-0.1, -0.05) is 0 Å². The fourth-order valence-corrected chi connectivity index (χ4v) is 1.75. The SMILES string of the molecule is CNc1ncc([N+](=O)[O-])c(Nc2ccc(I)cc2)n1. The van der Waals surface area contributed by atoms with Crippen LogP contribution in [0.1, 0.15) is 0 Å². The Kier molecular flexibility index (Phi) is 4.10. The van der Waals surface area contributed by atoms with E-state index in [-0.39, 0.29) is 11.5 Å². The molecule has 0 spiro atoms. The molecule has 7 nitrogen and oxygen atoms in total. The third-order valence-corrected chi connectivity index (χ3v) is 3.02. The standard InChI is InChI=1S/C11H10IN5O2/c1-13-11-14-6-9(17(18)19)10(16-11)15-8-4-2-7(12)3-5-8/h2-6H,1H3,(H2,13,14,15,16). The second kappa shape index (κ2) is 5.78. The first-order valence-corrected chi connectivity index (χ1v) is 6.40. The quantitative estimate of drug-likeness (QED) is 0.488. The van der Waals surface area contributed by atoms with E-state index in [2.05, 4.69) is 43.2 Å². The van der Waals surface area contributed by atoms with Crippen molar-refractivity contribution in [1.82, 2.24) is 9.97 Å². The molecule has 1 aromatic carbocycles. The van der Waals surface area contributed by atoms with Gasteiger partial charge < -0.3 is 10.6 Å². The van der Waals surface area contributed by atoms with Gasteiger partial charge in [0.25, 0.3) is 0 Å². The molecular weight excluding hydrogens is 361 g/mol. The van der Waals surface area contributed by atoms with Crippen LogP contribution in [-0.2, 0) is 0 Å². The molecule has 0 unspecified atom stereocenters. The van der Waals surface area contributed by atoms with Crippen molar-refractivity contribution in [2.75, 3.05) is 17.7 Å².